The molecule has 1 heterocycles. The molecule has 2 aromatic rings. The van der Waals surface area contributed by atoms with Gasteiger partial charge in [0.2, 0.25) is 5.91 Å². The highest BCUT2D eigenvalue weighted by Crippen LogP contribution is 2.29. The van der Waals surface area contributed by atoms with Crippen molar-refractivity contribution in [2.45, 2.75) is 45.3 Å². The van der Waals surface area contributed by atoms with E-state index in [0.717, 1.165) is 29.7 Å². The van der Waals surface area contributed by atoms with Crippen LogP contribution in [0.25, 0.3) is 0 Å². The first-order chi connectivity index (χ1) is 14.7. The zero-order valence-electron chi connectivity index (χ0n) is 17.7. The highest BCUT2D eigenvalue weighted by atomic mass is 19.4. The van der Waals surface area contributed by atoms with Crippen LogP contribution in [0.15, 0.2) is 48.5 Å². The molecule has 31 heavy (non-hydrogen) atoms. The van der Waals surface area contributed by atoms with Gasteiger partial charge in [-0.1, -0.05) is 36.8 Å². The molecule has 1 aliphatic rings. The lowest BCUT2D eigenvalue weighted by atomic mass is 9.94. The predicted octanol–water partition coefficient (Wildman–Crippen LogP) is 5.13. The van der Waals surface area contributed by atoms with E-state index >= 15 is 0 Å². The maximum Gasteiger partial charge on any atom is 0.416 e. The first-order valence-corrected chi connectivity index (χ1v) is 10.5. The Hall–Kier alpha value is -2.83. The van der Waals surface area contributed by atoms with Crippen molar-refractivity contribution >= 4 is 11.8 Å². The minimum absolute atomic E-state index is 0.0194. The Bertz CT molecular complexity index is 900. The van der Waals surface area contributed by atoms with Gasteiger partial charge < -0.3 is 10.2 Å². The van der Waals surface area contributed by atoms with Crippen molar-refractivity contribution in [2.75, 3.05) is 13.1 Å². The fraction of sp³-hybridized carbons (Fsp3) is 0.417. The van der Waals surface area contributed by atoms with Crippen LogP contribution in [0.1, 0.15) is 59.3 Å². The number of alkyl halides is 3. The summed E-state index contributed by atoms with van der Waals surface area (Å²) in [4.78, 5) is 27.0. The number of carbonyl (C=O) groups excluding carboxylic acids is 2. The second kappa shape index (κ2) is 9.54. The molecule has 1 unspecified atom stereocenters. The minimum Gasteiger partial charge on any atom is -0.349 e. The van der Waals surface area contributed by atoms with Crippen LogP contribution in [0.2, 0.25) is 0 Å². The van der Waals surface area contributed by atoms with Gasteiger partial charge in [-0.25, -0.2) is 0 Å². The van der Waals surface area contributed by atoms with E-state index in [-0.39, 0.29) is 29.3 Å². The van der Waals surface area contributed by atoms with Crippen molar-refractivity contribution in [1.82, 2.24) is 10.2 Å². The number of hydrogen-bond donors (Lipinski definition) is 1. The second-order valence-electron chi connectivity index (χ2n) is 8.02. The molecule has 1 fully saturated rings. The summed E-state index contributed by atoms with van der Waals surface area (Å²) < 4.78 is 38.1. The van der Waals surface area contributed by atoms with E-state index in [1.807, 2.05) is 38.1 Å². The molecule has 0 spiro atoms. The van der Waals surface area contributed by atoms with Gasteiger partial charge in [-0.05, 0) is 56.0 Å². The van der Waals surface area contributed by atoms with E-state index in [1.165, 1.54) is 12.1 Å². The van der Waals surface area contributed by atoms with Crippen LogP contribution >= 0.6 is 0 Å². The number of halogens is 3. The Kier molecular flexibility index (Phi) is 7.03. The number of likely N-dealkylation sites (tertiary alicyclic amines) is 1. The monoisotopic (exact) mass is 432 g/mol. The van der Waals surface area contributed by atoms with Gasteiger partial charge in [0.25, 0.3) is 5.91 Å². The van der Waals surface area contributed by atoms with Crippen LogP contribution in [0.4, 0.5) is 13.2 Å². The van der Waals surface area contributed by atoms with Gasteiger partial charge in [-0.15, -0.1) is 0 Å². The van der Waals surface area contributed by atoms with E-state index in [0.29, 0.717) is 25.9 Å². The Morgan fingerprint density at radius 3 is 2.13 bits per heavy atom. The van der Waals surface area contributed by atoms with Crippen molar-refractivity contribution in [3.05, 3.63) is 70.8 Å². The molecule has 2 amide bonds. The van der Waals surface area contributed by atoms with E-state index in [2.05, 4.69) is 5.32 Å². The Labute approximate surface area is 180 Å². The largest absolute Gasteiger partial charge is 0.416 e. The summed E-state index contributed by atoms with van der Waals surface area (Å²) >= 11 is 0. The molecule has 7 heteroatoms. The van der Waals surface area contributed by atoms with Crippen LogP contribution in [-0.2, 0) is 11.0 Å². The van der Waals surface area contributed by atoms with Gasteiger partial charge >= 0.3 is 6.18 Å². The number of aryl methyl sites for hydroxylation is 1. The quantitative estimate of drug-likeness (QED) is 0.712. The standard InChI is InChI=1S/C24H27F3N2O2/c1-3-21(17-6-4-16(2)5-7-17)28-22(30)18-12-14-29(15-13-18)23(31)19-8-10-20(11-9-19)24(25,26)27/h4-11,18,21H,3,12-15H2,1-2H3,(H,28,30). The topological polar surface area (TPSA) is 49.4 Å². The second-order valence-corrected chi connectivity index (χ2v) is 8.02. The molecule has 1 saturated heterocycles. The highest BCUT2D eigenvalue weighted by Gasteiger charge is 2.32. The van der Waals surface area contributed by atoms with E-state index in [4.69, 9.17) is 0 Å². The molecule has 0 saturated carbocycles. The smallest absolute Gasteiger partial charge is 0.349 e. The summed E-state index contributed by atoms with van der Waals surface area (Å²) in [5.41, 5.74) is 1.67. The van der Waals surface area contributed by atoms with Crippen LogP contribution in [0, 0.1) is 12.8 Å². The zero-order chi connectivity index (χ0) is 22.6. The average molecular weight is 432 g/mol. The normalized spacial score (nSPS) is 16.1. The molecule has 1 N–H and O–H groups in total. The van der Waals surface area contributed by atoms with Crippen molar-refractivity contribution in [1.29, 1.82) is 0 Å². The Balaban J connectivity index is 1.55. The van der Waals surface area contributed by atoms with Crippen LogP contribution < -0.4 is 5.32 Å². The molecule has 0 aliphatic carbocycles. The Morgan fingerprint density at radius 1 is 1.03 bits per heavy atom. The van der Waals surface area contributed by atoms with Crippen LogP contribution in [-0.4, -0.2) is 29.8 Å². The fourth-order valence-corrected chi connectivity index (χ4v) is 3.84. The first-order valence-electron chi connectivity index (χ1n) is 10.5. The number of rotatable bonds is 5. The van der Waals surface area contributed by atoms with Gasteiger partial charge in [-0.2, -0.15) is 13.2 Å². The first kappa shape index (κ1) is 22.8. The lowest BCUT2D eigenvalue weighted by molar-refractivity contribution is -0.137. The molecule has 2 aromatic carbocycles. The highest BCUT2D eigenvalue weighted by molar-refractivity contribution is 5.94. The van der Waals surface area contributed by atoms with E-state index in [9.17, 15) is 22.8 Å². The third kappa shape index (κ3) is 5.66. The Morgan fingerprint density at radius 2 is 1.61 bits per heavy atom. The fourth-order valence-electron chi connectivity index (χ4n) is 3.84. The average Bonchev–Trinajstić information content (AvgIpc) is 2.77. The molecule has 166 valence electrons. The van der Waals surface area contributed by atoms with E-state index in [1.54, 1.807) is 4.90 Å². The van der Waals surface area contributed by atoms with Crippen molar-refractivity contribution in [3.63, 3.8) is 0 Å². The summed E-state index contributed by atoms with van der Waals surface area (Å²) in [7, 11) is 0. The number of nitrogens with one attached hydrogen (secondary N) is 1. The van der Waals surface area contributed by atoms with Crippen LogP contribution in [0.3, 0.4) is 0 Å². The number of piperidine rings is 1. The summed E-state index contributed by atoms with van der Waals surface area (Å²) in [6.45, 7) is 4.84. The SMILES string of the molecule is CCC(NC(=O)C1CCN(C(=O)c2ccc(C(F)(F)F)cc2)CC1)c1ccc(C)cc1. The number of carbonyl (C=O) groups is 2. The van der Waals surface area contributed by atoms with Crippen molar-refractivity contribution in [2.24, 2.45) is 5.92 Å². The predicted molar refractivity (Wildman–Crippen MR) is 112 cm³/mol. The maximum absolute atomic E-state index is 12.8. The minimum atomic E-state index is -4.43. The molecular formula is C24H27F3N2O2. The molecule has 0 radical (unpaired) electrons. The number of benzene rings is 2. The molecule has 4 nitrogen and oxygen atoms in total. The number of amides is 2. The molecule has 1 atom stereocenters. The molecule has 1 aliphatic heterocycles. The van der Waals surface area contributed by atoms with Gasteiger partial charge in [0.1, 0.15) is 0 Å². The summed E-state index contributed by atoms with van der Waals surface area (Å²) in [6.07, 6.45) is -2.59. The van der Waals surface area contributed by atoms with Crippen molar-refractivity contribution in [3.8, 4) is 0 Å². The molecule has 0 aromatic heterocycles. The third-order valence-corrected chi connectivity index (χ3v) is 5.82. The van der Waals surface area contributed by atoms with E-state index < -0.39 is 11.7 Å². The van der Waals surface area contributed by atoms with Gasteiger partial charge in [0.15, 0.2) is 0 Å². The summed E-state index contributed by atoms with van der Waals surface area (Å²) in [5.74, 6) is -0.510. The van der Waals surface area contributed by atoms with Crippen molar-refractivity contribution < 1.29 is 22.8 Å². The number of nitrogens with zero attached hydrogens (tertiary/aromatic N) is 1. The molecule has 0 bridgehead atoms. The van der Waals surface area contributed by atoms with Gasteiger partial charge in [0.05, 0.1) is 11.6 Å². The zero-order valence-corrected chi connectivity index (χ0v) is 17.7. The molecule has 3 rings (SSSR count). The van der Waals surface area contributed by atoms with Gasteiger partial charge in [-0.3, -0.25) is 9.59 Å². The van der Waals surface area contributed by atoms with Crippen LogP contribution in [0.5, 0.6) is 0 Å². The summed E-state index contributed by atoms with van der Waals surface area (Å²) in [5, 5.41) is 3.12. The third-order valence-electron chi connectivity index (χ3n) is 5.82. The molecular weight excluding hydrogens is 405 g/mol. The lowest BCUT2D eigenvalue weighted by Gasteiger charge is -2.32. The van der Waals surface area contributed by atoms with Gasteiger partial charge in [0, 0.05) is 24.6 Å². The lowest BCUT2D eigenvalue weighted by Crippen LogP contribution is -2.43. The number of hydrogen-bond acceptors (Lipinski definition) is 2. The summed E-state index contributed by atoms with van der Waals surface area (Å²) in [6, 6.07) is 12.3. The maximum atomic E-state index is 12.8.